The van der Waals surface area contributed by atoms with Crippen molar-refractivity contribution < 1.29 is 18.0 Å². The molecule has 10 heteroatoms. The molecule has 1 aromatic heterocycles. The number of hydrogen-bond acceptors (Lipinski definition) is 3. The zero-order valence-corrected chi connectivity index (χ0v) is 19.1. The van der Waals surface area contributed by atoms with E-state index in [1.54, 1.807) is 25.2 Å². The van der Waals surface area contributed by atoms with Crippen molar-refractivity contribution in [1.82, 2.24) is 20.5 Å². The van der Waals surface area contributed by atoms with Crippen LogP contribution < -0.4 is 10.6 Å². The molecule has 0 fully saturated rings. The molecule has 2 aromatic rings. The smallest absolute Gasteiger partial charge is 0.352 e. The lowest BCUT2D eigenvalue weighted by atomic mass is 10.1. The summed E-state index contributed by atoms with van der Waals surface area (Å²) in [7, 11) is 3.27. The topological polar surface area (TPSA) is 69.6 Å². The zero-order chi connectivity index (χ0) is 21.3. The number of alkyl halides is 3. The van der Waals surface area contributed by atoms with Gasteiger partial charge in [0, 0.05) is 45.5 Å². The SMILES string of the molecule is CN=C(NCC(=O)N(C)CCc1ccccn1)NCc1ccc(C(F)(F)F)cc1.I. The molecule has 0 atom stereocenters. The summed E-state index contributed by atoms with van der Waals surface area (Å²) < 4.78 is 37.8. The van der Waals surface area contributed by atoms with E-state index in [-0.39, 0.29) is 43.0 Å². The number of aromatic nitrogens is 1. The Kier molecular flexibility index (Phi) is 10.6. The Morgan fingerprint density at radius 1 is 1.13 bits per heavy atom. The fourth-order valence-electron chi connectivity index (χ4n) is 2.47. The first kappa shape index (κ1) is 25.7. The summed E-state index contributed by atoms with van der Waals surface area (Å²) in [5.74, 6) is 0.273. The van der Waals surface area contributed by atoms with Crippen molar-refractivity contribution in [2.24, 2.45) is 4.99 Å². The summed E-state index contributed by atoms with van der Waals surface area (Å²) in [6, 6.07) is 10.5. The Hall–Kier alpha value is -2.37. The maximum absolute atomic E-state index is 12.6. The van der Waals surface area contributed by atoms with Gasteiger partial charge in [0.05, 0.1) is 12.1 Å². The van der Waals surface area contributed by atoms with Crippen molar-refractivity contribution >= 4 is 35.8 Å². The molecule has 164 valence electrons. The number of amides is 1. The molecule has 0 saturated heterocycles. The summed E-state index contributed by atoms with van der Waals surface area (Å²) in [5, 5.41) is 5.88. The molecule has 1 amide bonds. The van der Waals surface area contributed by atoms with Crippen LogP contribution in [0.2, 0.25) is 0 Å². The van der Waals surface area contributed by atoms with E-state index in [2.05, 4.69) is 20.6 Å². The first-order chi connectivity index (χ1) is 13.8. The van der Waals surface area contributed by atoms with Gasteiger partial charge in [-0.3, -0.25) is 14.8 Å². The predicted octanol–water partition coefficient (Wildman–Crippen LogP) is 3.08. The van der Waals surface area contributed by atoms with E-state index in [9.17, 15) is 18.0 Å². The maximum atomic E-state index is 12.6. The number of aliphatic imine (C=N–C) groups is 1. The number of nitrogens with zero attached hydrogens (tertiary/aromatic N) is 3. The average molecular weight is 535 g/mol. The third-order valence-corrected chi connectivity index (χ3v) is 4.23. The maximum Gasteiger partial charge on any atom is 0.416 e. The van der Waals surface area contributed by atoms with Gasteiger partial charge in [-0.1, -0.05) is 18.2 Å². The largest absolute Gasteiger partial charge is 0.416 e. The Morgan fingerprint density at radius 2 is 1.83 bits per heavy atom. The second-order valence-corrected chi connectivity index (χ2v) is 6.36. The number of nitrogens with one attached hydrogen (secondary N) is 2. The van der Waals surface area contributed by atoms with Gasteiger partial charge < -0.3 is 15.5 Å². The first-order valence-corrected chi connectivity index (χ1v) is 9.04. The van der Waals surface area contributed by atoms with E-state index < -0.39 is 11.7 Å². The zero-order valence-electron chi connectivity index (χ0n) is 16.7. The van der Waals surface area contributed by atoms with Gasteiger partial charge in [0.1, 0.15) is 0 Å². The number of carbonyl (C=O) groups excluding carboxylic acids is 1. The number of benzene rings is 1. The van der Waals surface area contributed by atoms with Crippen LogP contribution in [-0.2, 0) is 23.9 Å². The highest BCUT2D eigenvalue weighted by Gasteiger charge is 2.29. The summed E-state index contributed by atoms with van der Waals surface area (Å²) in [5.41, 5.74) is 0.886. The molecule has 0 bridgehead atoms. The van der Waals surface area contributed by atoms with Gasteiger partial charge in [0.15, 0.2) is 5.96 Å². The molecule has 1 aromatic carbocycles. The lowest BCUT2D eigenvalue weighted by molar-refractivity contribution is -0.137. The van der Waals surface area contributed by atoms with E-state index >= 15 is 0 Å². The lowest BCUT2D eigenvalue weighted by Crippen LogP contribution is -2.43. The number of halogens is 4. The minimum absolute atomic E-state index is 0. The van der Waals surface area contributed by atoms with Crippen LogP contribution in [0.4, 0.5) is 13.2 Å². The van der Waals surface area contributed by atoms with E-state index in [0.717, 1.165) is 17.8 Å². The van der Waals surface area contributed by atoms with E-state index in [1.165, 1.54) is 12.1 Å². The normalized spacial score (nSPS) is 11.4. The number of pyridine rings is 1. The van der Waals surface area contributed by atoms with Crippen LogP contribution in [0.25, 0.3) is 0 Å². The molecular formula is C20H25F3IN5O. The fourth-order valence-corrected chi connectivity index (χ4v) is 2.47. The number of carbonyl (C=O) groups is 1. The van der Waals surface area contributed by atoms with Gasteiger partial charge in [-0.15, -0.1) is 24.0 Å². The molecule has 2 N–H and O–H groups in total. The average Bonchev–Trinajstić information content (AvgIpc) is 2.72. The van der Waals surface area contributed by atoms with Crippen molar-refractivity contribution in [1.29, 1.82) is 0 Å². The molecule has 0 aliphatic heterocycles. The van der Waals surface area contributed by atoms with Gasteiger partial charge in [0.25, 0.3) is 0 Å². The Morgan fingerprint density at radius 3 is 2.40 bits per heavy atom. The summed E-state index contributed by atoms with van der Waals surface area (Å²) in [6.45, 7) is 0.863. The summed E-state index contributed by atoms with van der Waals surface area (Å²) in [6.07, 6.45) is -1.98. The molecule has 0 saturated carbocycles. The first-order valence-electron chi connectivity index (χ1n) is 9.04. The molecule has 0 aliphatic carbocycles. The van der Waals surface area contributed by atoms with E-state index in [4.69, 9.17) is 0 Å². The molecule has 6 nitrogen and oxygen atoms in total. The second-order valence-electron chi connectivity index (χ2n) is 6.36. The van der Waals surface area contributed by atoms with Crippen LogP contribution in [0.1, 0.15) is 16.8 Å². The predicted molar refractivity (Wildman–Crippen MR) is 121 cm³/mol. The van der Waals surface area contributed by atoms with Gasteiger partial charge in [-0.05, 0) is 29.8 Å². The molecule has 0 unspecified atom stereocenters. The second kappa shape index (κ2) is 12.4. The van der Waals surface area contributed by atoms with E-state index in [0.29, 0.717) is 24.5 Å². The Labute approximate surface area is 191 Å². The van der Waals surface area contributed by atoms with Crippen molar-refractivity contribution in [3.05, 3.63) is 65.5 Å². The quantitative estimate of drug-likeness (QED) is 0.325. The number of rotatable bonds is 7. The Balaban J connectivity index is 0.00000450. The summed E-state index contributed by atoms with van der Waals surface area (Å²) >= 11 is 0. The molecule has 0 aliphatic rings. The lowest BCUT2D eigenvalue weighted by Gasteiger charge is -2.18. The highest BCUT2D eigenvalue weighted by atomic mass is 127. The van der Waals surface area contributed by atoms with Crippen LogP contribution in [0.15, 0.2) is 53.7 Å². The molecule has 0 radical (unpaired) electrons. The van der Waals surface area contributed by atoms with Crippen LogP contribution >= 0.6 is 24.0 Å². The van der Waals surface area contributed by atoms with Crippen LogP contribution in [-0.4, -0.2) is 48.9 Å². The van der Waals surface area contributed by atoms with Crippen molar-refractivity contribution in [2.45, 2.75) is 19.1 Å². The van der Waals surface area contributed by atoms with Crippen molar-refractivity contribution in [3.8, 4) is 0 Å². The third kappa shape index (κ3) is 8.56. The van der Waals surface area contributed by atoms with E-state index in [1.807, 2.05) is 18.2 Å². The Bertz CT molecular complexity index is 813. The number of likely N-dealkylation sites (N-methyl/N-ethyl adjacent to an activating group) is 1. The van der Waals surface area contributed by atoms with Gasteiger partial charge in [0.2, 0.25) is 5.91 Å². The molecule has 30 heavy (non-hydrogen) atoms. The highest BCUT2D eigenvalue weighted by Crippen LogP contribution is 2.28. The van der Waals surface area contributed by atoms with Crippen LogP contribution in [0, 0.1) is 0 Å². The molecule has 2 rings (SSSR count). The van der Waals surface area contributed by atoms with Gasteiger partial charge >= 0.3 is 6.18 Å². The van der Waals surface area contributed by atoms with Crippen molar-refractivity contribution in [2.75, 3.05) is 27.2 Å². The highest BCUT2D eigenvalue weighted by molar-refractivity contribution is 14.0. The fraction of sp³-hybridized carbons (Fsp3) is 0.350. The monoisotopic (exact) mass is 535 g/mol. The standard InChI is InChI=1S/C20H24F3N5O.HI/c1-24-19(26-13-15-6-8-16(9-7-15)20(21,22)23)27-14-18(29)28(2)12-10-17-5-3-4-11-25-17;/h3-9,11H,10,12-14H2,1-2H3,(H2,24,26,27);1H. The summed E-state index contributed by atoms with van der Waals surface area (Å²) in [4.78, 5) is 22.1. The molecule has 1 heterocycles. The van der Waals surface area contributed by atoms with Gasteiger partial charge in [-0.2, -0.15) is 13.2 Å². The number of hydrogen-bond donors (Lipinski definition) is 2. The minimum Gasteiger partial charge on any atom is -0.352 e. The number of guanidine groups is 1. The van der Waals surface area contributed by atoms with Crippen molar-refractivity contribution in [3.63, 3.8) is 0 Å². The molecular weight excluding hydrogens is 510 g/mol. The van der Waals surface area contributed by atoms with Crippen LogP contribution in [0.3, 0.4) is 0 Å². The third-order valence-electron chi connectivity index (χ3n) is 4.23. The minimum atomic E-state index is -4.35. The molecule has 0 spiro atoms. The van der Waals surface area contributed by atoms with Crippen LogP contribution in [0.5, 0.6) is 0 Å². The van der Waals surface area contributed by atoms with Gasteiger partial charge in [-0.25, -0.2) is 0 Å².